The molecule has 4 heteroatoms. The van der Waals surface area contributed by atoms with Crippen LogP contribution >= 0.6 is 35.6 Å². The lowest BCUT2D eigenvalue weighted by molar-refractivity contribution is 1.03. The highest BCUT2D eigenvalue weighted by Gasteiger charge is 2.14. The number of nitrogens with one attached hydrogen (secondary N) is 1. The van der Waals surface area contributed by atoms with Crippen LogP contribution in [0.15, 0.2) is 29.7 Å². The normalized spacial score (nSPS) is 20.1. The maximum Gasteiger partial charge on any atom is 0.105 e. The minimum atomic E-state index is 0.218. The number of thiocarbonyl (C=S) groups is 1. The van der Waals surface area contributed by atoms with Gasteiger partial charge in [-0.25, -0.2) is 0 Å². The van der Waals surface area contributed by atoms with Gasteiger partial charge in [0.2, 0.25) is 0 Å². The maximum absolute atomic E-state index is 5.81. The zero-order valence-corrected chi connectivity index (χ0v) is 9.62. The standard InChI is InChI=1S/C10H8ClNS2/c11-8-3-1-7(2-4-8)9-6-14-10(5-13)12-9/h1-6,10,12H. The third-order valence-electron chi connectivity index (χ3n) is 1.91. The molecule has 0 amide bonds. The number of hydrogen-bond acceptors (Lipinski definition) is 3. The summed E-state index contributed by atoms with van der Waals surface area (Å²) in [5.41, 5.74) is 2.25. The molecule has 14 heavy (non-hydrogen) atoms. The highest BCUT2D eigenvalue weighted by Crippen LogP contribution is 2.26. The Balaban J connectivity index is 2.17. The van der Waals surface area contributed by atoms with Crippen molar-refractivity contribution < 1.29 is 0 Å². The van der Waals surface area contributed by atoms with Gasteiger partial charge in [-0.1, -0.05) is 36.0 Å². The molecule has 1 nitrogen and oxygen atoms in total. The first-order valence-corrected chi connectivity index (χ1v) is 5.92. The van der Waals surface area contributed by atoms with Gasteiger partial charge in [-0.2, -0.15) is 0 Å². The van der Waals surface area contributed by atoms with Crippen LogP contribution in [0.1, 0.15) is 5.56 Å². The van der Waals surface area contributed by atoms with Gasteiger partial charge in [-0.05, 0) is 23.1 Å². The number of halogens is 1. The number of thioether (sulfide) groups is 1. The van der Waals surface area contributed by atoms with Crippen molar-refractivity contribution in [3.63, 3.8) is 0 Å². The van der Waals surface area contributed by atoms with Gasteiger partial charge in [0.25, 0.3) is 0 Å². The predicted octanol–water partition coefficient (Wildman–Crippen LogP) is 3.30. The number of rotatable bonds is 2. The highest BCUT2D eigenvalue weighted by atomic mass is 35.5. The first-order valence-electron chi connectivity index (χ1n) is 4.13. The van der Waals surface area contributed by atoms with Crippen molar-refractivity contribution in [2.75, 3.05) is 0 Å². The molecule has 72 valence electrons. The van der Waals surface area contributed by atoms with Gasteiger partial charge in [0, 0.05) is 16.1 Å². The SMILES string of the molecule is S=CC1NC(c2ccc(Cl)cc2)=CS1. The third-order valence-corrected chi connectivity index (χ3v) is 3.52. The van der Waals surface area contributed by atoms with E-state index in [9.17, 15) is 0 Å². The summed E-state index contributed by atoms with van der Waals surface area (Å²) in [7, 11) is 0. The van der Waals surface area contributed by atoms with Crippen molar-refractivity contribution in [3.8, 4) is 0 Å². The molecule has 0 saturated carbocycles. The second kappa shape index (κ2) is 4.34. The van der Waals surface area contributed by atoms with Gasteiger partial charge in [-0.3, -0.25) is 0 Å². The molecule has 1 N–H and O–H groups in total. The molecular formula is C10H8ClNS2. The van der Waals surface area contributed by atoms with E-state index in [-0.39, 0.29) is 5.37 Å². The maximum atomic E-state index is 5.81. The molecule has 1 unspecified atom stereocenters. The Morgan fingerprint density at radius 2 is 2.07 bits per heavy atom. The average Bonchev–Trinajstić information content (AvgIpc) is 2.67. The summed E-state index contributed by atoms with van der Waals surface area (Å²) in [6.45, 7) is 0. The molecule has 0 aliphatic carbocycles. The van der Waals surface area contributed by atoms with E-state index in [1.807, 2.05) is 24.3 Å². The van der Waals surface area contributed by atoms with Crippen LogP contribution in [0.2, 0.25) is 5.02 Å². The summed E-state index contributed by atoms with van der Waals surface area (Å²) >= 11 is 12.4. The van der Waals surface area contributed by atoms with Crippen LogP contribution in [0, 0.1) is 0 Å². The fourth-order valence-corrected chi connectivity index (χ4v) is 2.34. The second-order valence-electron chi connectivity index (χ2n) is 2.88. The van der Waals surface area contributed by atoms with Gasteiger partial charge in [0.1, 0.15) is 5.37 Å². The van der Waals surface area contributed by atoms with E-state index in [1.165, 1.54) is 0 Å². The molecule has 1 atom stereocenters. The Hall–Kier alpha value is -0.510. The van der Waals surface area contributed by atoms with Gasteiger partial charge in [0.05, 0.1) is 0 Å². The smallest absolute Gasteiger partial charge is 0.105 e. The second-order valence-corrected chi connectivity index (χ2v) is 4.60. The average molecular weight is 242 g/mol. The fourth-order valence-electron chi connectivity index (χ4n) is 1.21. The molecule has 0 aromatic heterocycles. The topological polar surface area (TPSA) is 12.0 Å². The Morgan fingerprint density at radius 3 is 2.64 bits per heavy atom. The summed E-state index contributed by atoms with van der Waals surface area (Å²) in [4.78, 5) is 0. The lowest BCUT2D eigenvalue weighted by Gasteiger charge is -2.07. The van der Waals surface area contributed by atoms with Crippen LogP contribution in [0.25, 0.3) is 5.70 Å². The van der Waals surface area contributed by atoms with Crippen LogP contribution in [-0.2, 0) is 0 Å². The van der Waals surface area contributed by atoms with E-state index in [0.29, 0.717) is 0 Å². The summed E-state index contributed by atoms with van der Waals surface area (Å²) in [6.07, 6.45) is 0. The summed E-state index contributed by atoms with van der Waals surface area (Å²) in [6, 6.07) is 7.75. The lowest BCUT2D eigenvalue weighted by atomic mass is 10.2. The van der Waals surface area contributed by atoms with E-state index >= 15 is 0 Å². The zero-order chi connectivity index (χ0) is 9.97. The van der Waals surface area contributed by atoms with Crippen LogP contribution in [0.3, 0.4) is 0 Å². The van der Waals surface area contributed by atoms with E-state index in [4.69, 9.17) is 23.8 Å². The quantitative estimate of drug-likeness (QED) is 0.798. The van der Waals surface area contributed by atoms with Crippen molar-refractivity contribution in [3.05, 3.63) is 40.3 Å². The lowest BCUT2D eigenvalue weighted by Crippen LogP contribution is -2.19. The van der Waals surface area contributed by atoms with Crippen LogP contribution in [0.5, 0.6) is 0 Å². The van der Waals surface area contributed by atoms with E-state index in [2.05, 4.69) is 10.7 Å². The van der Waals surface area contributed by atoms with Crippen LogP contribution in [0.4, 0.5) is 0 Å². The molecule has 1 aromatic carbocycles. The Bertz CT molecular complexity index is 372. The number of hydrogen-bond donors (Lipinski definition) is 1. The zero-order valence-electron chi connectivity index (χ0n) is 7.24. The van der Waals surface area contributed by atoms with Crippen molar-refractivity contribution in [1.29, 1.82) is 0 Å². The first kappa shape index (κ1) is 10.0. The minimum Gasteiger partial charge on any atom is -0.368 e. The first-order chi connectivity index (χ1) is 6.79. The van der Waals surface area contributed by atoms with Crippen LogP contribution < -0.4 is 5.32 Å². The van der Waals surface area contributed by atoms with Crippen molar-refractivity contribution >= 4 is 46.6 Å². The van der Waals surface area contributed by atoms with Crippen molar-refractivity contribution in [2.45, 2.75) is 5.37 Å². The van der Waals surface area contributed by atoms with Gasteiger partial charge >= 0.3 is 0 Å². The third kappa shape index (κ3) is 2.11. The molecule has 0 radical (unpaired) electrons. The highest BCUT2D eigenvalue weighted by molar-refractivity contribution is 8.04. The molecule has 0 saturated heterocycles. The number of benzene rings is 1. The molecule has 1 heterocycles. The summed E-state index contributed by atoms with van der Waals surface area (Å²) in [5, 5.41) is 8.08. The van der Waals surface area contributed by atoms with Gasteiger partial charge < -0.3 is 5.32 Å². The molecule has 0 fully saturated rings. The van der Waals surface area contributed by atoms with Crippen LogP contribution in [-0.4, -0.2) is 10.7 Å². The largest absolute Gasteiger partial charge is 0.368 e. The van der Waals surface area contributed by atoms with Crippen molar-refractivity contribution in [1.82, 2.24) is 5.32 Å². The molecular weight excluding hydrogens is 234 g/mol. The Labute approximate surface area is 97.5 Å². The molecule has 1 aliphatic heterocycles. The molecule has 2 rings (SSSR count). The Morgan fingerprint density at radius 1 is 1.36 bits per heavy atom. The molecule has 1 aliphatic rings. The van der Waals surface area contributed by atoms with Crippen molar-refractivity contribution in [2.24, 2.45) is 0 Å². The van der Waals surface area contributed by atoms with Gasteiger partial charge in [0.15, 0.2) is 0 Å². The summed E-state index contributed by atoms with van der Waals surface area (Å²) < 4.78 is 0. The minimum absolute atomic E-state index is 0.218. The molecule has 0 bridgehead atoms. The molecule has 0 spiro atoms. The predicted molar refractivity (Wildman–Crippen MR) is 67.6 cm³/mol. The van der Waals surface area contributed by atoms with Gasteiger partial charge in [-0.15, -0.1) is 11.8 Å². The monoisotopic (exact) mass is 241 g/mol. The van der Waals surface area contributed by atoms with E-state index in [1.54, 1.807) is 17.1 Å². The fraction of sp³-hybridized carbons (Fsp3) is 0.100. The van der Waals surface area contributed by atoms with E-state index in [0.717, 1.165) is 16.3 Å². The Kier molecular flexibility index (Phi) is 3.11. The van der Waals surface area contributed by atoms with E-state index < -0.39 is 0 Å². The summed E-state index contributed by atoms with van der Waals surface area (Å²) in [5.74, 6) is 0. The molecule has 1 aromatic rings.